The van der Waals surface area contributed by atoms with Crippen LogP contribution in [0.1, 0.15) is 47.1 Å². The number of nitrogens with one attached hydrogen (secondary N) is 1. The first-order valence-corrected chi connectivity index (χ1v) is 11.5. The van der Waals surface area contributed by atoms with Crippen molar-refractivity contribution in [2.45, 2.75) is 70.7 Å². The van der Waals surface area contributed by atoms with Crippen molar-refractivity contribution < 1.29 is 28.6 Å². The highest BCUT2D eigenvalue weighted by Crippen LogP contribution is 2.22. The lowest BCUT2D eigenvalue weighted by atomic mass is 9.93. The molecule has 0 spiro atoms. The highest BCUT2D eigenvalue weighted by atomic mass is 32.2. The summed E-state index contributed by atoms with van der Waals surface area (Å²) in [5.41, 5.74) is 4.69. The van der Waals surface area contributed by atoms with Gasteiger partial charge >= 0.3 is 18.0 Å². The van der Waals surface area contributed by atoms with Gasteiger partial charge in [0.15, 0.2) is 0 Å². The normalized spacial score (nSPS) is 14.6. The van der Waals surface area contributed by atoms with Crippen LogP contribution in [0.3, 0.4) is 0 Å². The van der Waals surface area contributed by atoms with E-state index in [0.717, 1.165) is 5.56 Å². The molecule has 1 aromatic carbocycles. The third kappa shape index (κ3) is 10.4. The molecule has 1 unspecified atom stereocenters. The number of hydrogen-bond donors (Lipinski definition) is 2. The van der Waals surface area contributed by atoms with Crippen LogP contribution in [-0.2, 0) is 30.2 Å². The van der Waals surface area contributed by atoms with Crippen LogP contribution in [0.25, 0.3) is 0 Å². The molecule has 2 atom stereocenters. The average molecular weight is 469 g/mol. The van der Waals surface area contributed by atoms with Gasteiger partial charge in [0, 0.05) is 17.9 Å². The first kappa shape index (κ1) is 27.8. The quantitative estimate of drug-likeness (QED) is 0.419. The summed E-state index contributed by atoms with van der Waals surface area (Å²) in [6.45, 7) is 10.5. The van der Waals surface area contributed by atoms with E-state index in [9.17, 15) is 14.4 Å². The van der Waals surface area contributed by atoms with Crippen molar-refractivity contribution in [3.05, 3.63) is 35.9 Å². The second-order valence-electron chi connectivity index (χ2n) is 9.56. The standard InChI is InChI=1S/C23H36N2O6S/c1-21(2,3)30-19(27)23(24,13-16-11-9-8-10-12-16)15-32-14-17(18(26)29-7)25-20(28)31-22(4,5)6/h8-12,17H,13-15,24H2,1-7H3,(H,25,28)/t17-,23?/m0/s1. The Morgan fingerprint density at radius 1 is 1.00 bits per heavy atom. The van der Waals surface area contributed by atoms with Gasteiger partial charge in [0.2, 0.25) is 0 Å². The van der Waals surface area contributed by atoms with Crippen molar-refractivity contribution in [1.29, 1.82) is 0 Å². The fourth-order valence-electron chi connectivity index (χ4n) is 2.64. The van der Waals surface area contributed by atoms with Crippen molar-refractivity contribution in [2.24, 2.45) is 5.73 Å². The molecule has 9 heteroatoms. The summed E-state index contributed by atoms with van der Waals surface area (Å²) in [5, 5.41) is 2.51. The molecule has 32 heavy (non-hydrogen) atoms. The Morgan fingerprint density at radius 3 is 2.06 bits per heavy atom. The fraction of sp³-hybridized carbons (Fsp3) is 0.609. The number of amides is 1. The predicted molar refractivity (Wildman–Crippen MR) is 125 cm³/mol. The summed E-state index contributed by atoms with van der Waals surface area (Å²) in [5.74, 6) is -0.842. The highest BCUT2D eigenvalue weighted by Gasteiger charge is 2.39. The van der Waals surface area contributed by atoms with Crippen LogP contribution in [0.4, 0.5) is 4.79 Å². The molecule has 0 aromatic heterocycles. The summed E-state index contributed by atoms with van der Waals surface area (Å²) in [6.07, 6.45) is -0.470. The molecule has 0 aliphatic heterocycles. The van der Waals surface area contributed by atoms with Gasteiger partial charge in [0.05, 0.1) is 7.11 Å². The number of hydrogen-bond acceptors (Lipinski definition) is 8. The predicted octanol–water partition coefficient (Wildman–Crippen LogP) is 3.07. The van der Waals surface area contributed by atoms with E-state index in [4.69, 9.17) is 19.9 Å². The number of ether oxygens (including phenoxy) is 3. The molecular weight excluding hydrogens is 432 g/mol. The minimum atomic E-state index is -1.33. The van der Waals surface area contributed by atoms with Crippen molar-refractivity contribution in [3.63, 3.8) is 0 Å². The zero-order chi connectivity index (χ0) is 24.6. The molecule has 0 saturated carbocycles. The van der Waals surface area contributed by atoms with Crippen LogP contribution in [0, 0.1) is 0 Å². The van der Waals surface area contributed by atoms with Crippen LogP contribution >= 0.6 is 11.8 Å². The summed E-state index contributed by atoms with van der Waals surface area (Å²) < 4.78 is 15.6. The van der Waals surface area contributed by atoms with Crippen LogP contribution in [0.5, 0.6) is 0 Å². The minimum absolute atomic E-state index is 0.141. The Labute approximate surface area is 194 Å². The number of carbonyl (C=O) groups is 3. The Morgan fingerprint density at radius 2 is 1.56 bits per heavy atom. The largest absolute Gasteiger partial charge is 0.467 e. The Kier molecular flexibility index (Phi) is 10.0. The monoisotopic (exact) mass is 468 g/mol. The number of nitrogens with two attached hydrogens (primary N) is 1. The number of rotatable bonds is 9. The Hall–Kier alpha value is -2.26. The molecule has 180 valence electrons. The van der Waals surface area contributed by atoms with Gasteiger partial charge in [0.1, 0.15) is 22.8 Å². The summed E-state index contributed by atoms with van der Waals surface area (Å²) in [7, 11) is 1.24. The van der Waals surface area contributed by atoms with Gasteiger partial charge in [-0.2, -0.15) is 11.8 Å². The van der Waals surface area contributed by atoms with E-state index in [-0.39, 0.29) is 17.9 Å². The second kappa shape index (κ2) is 11.6. The fourth-order valence-corrected chi connectivity index (χ4v) is 3.80. The van der Waals surface area contributed by atoms with Gasteiger partial charge in [0.25, 0.3) is 0 Å². The molecule has 0 heterocycles. The first-order valence-electron chi connectivity index (χ1n) is 10.4. The van der Waals surface area contributed by atoms with E-state index in [1.165, 1.54) is 18.9 Å². The summed E-state index contributed by atoms with van der Waals surface area (Å²) in [6, 6.07) is 8.44. The number of carbonyl (C=O) groups excluding carboxylic acids is 3. The summed E-state index contributed by atoms with van der Waals surface area (Å²) in [4.78, 5) is 37.2. The number of alkyl carbamates (subject to hydrolysis) is 1. The lowest BCUT2D eigenvalue weighted by Crippen LogP contribution is -2.55. The molecule has 1 aromatic rings. The number of benzene rings is 1. The maximum absolute atomic E-state index is 12.9. The van der Waals surface area contributed by atoms with E-state index >= 15 is 0 Å². The van der Waals surface area contributed by atoms with E-state index < -0.39 is 40.8 Å². The third-order valence-corrected chi connectivity index (χ3v) is 5.28. The van der Waals surface area contributed by atoms with Gasteiger partial charge in [-0.05, 0) is 47.1 Å². The van der Waals surface area contributed by atoms with Crippen LogP contribution in [0.2, 0.25) is 0 Å². The molecule has 3 N–H and O–H groups in total. The topological polar surface area (TPSA) is 117 Å². The molecule has 0 radical (unpaired) electrons. The van der Waals surface area contributed by atoms with Gasteiger partial charge in [-0.1, -0.05) is 30.3 Å². The maximum atomic E-state index is 12.9. The van der Waals surface area contributed by atoms with Crippen molar-refractivity contribution in [1.82, 2.24) is 5.32 Å². The maximum Gasteiger partial charge on any atom is 0.408 e. The smallest absolute Gasteiger partial charge is 0.408 e. The van der Waals surface area contributed by atoms with E-state index in [2.05, 4.69) is 5.32 Å². The SMILES string of the molecule is COC(=O)[C@H](CSCC(N)(Cc1ccccc1)C(=O)OC(C)(C)C)NC(=O)OC(C)(C)C. The number of thioether (sulfide) groups is 1. The zero-order valence-corrected chi connectivity index (χ0v) is 20.8. The van der Waals surface area contributed by atoms with E-state index in [1.807, 2.05) is 30.3 Å². The molecule has 0 fully saturated rings. The zero-order valence-electron chi connectivity index (χ0n) is 20.0. The average Bonchev–Trinajstić information content (AvgIpc) is 2.64. The van der Waals surface area contributed by atoms with Crippen molar-refractivity contribution in [3.8, 4) is 0 Å². The molecule has 1 amide bonds. The Bertz CT molecular complexity index is 773. The van der Waals surface area contributed by atoms with Crippen molar-refractivity contribution >= 4 is 29.8 Å². The molecule has 8 nitrogen and oxygen atoms in total. The molecule has 0 aliphatic rings. The lowest BCUT2D eigenvalue weighted by molar-refractivity contribution is -0.160. The van der Waals surface area contributed by atoms with Gasteiger partial charge in [-0.3, -0.25) is 0 Å². The van der Waals surface area contributed by atoms with E-state index in [0.29, 0.717) is 0 Å². The van der Waals surface area contributed by atoms with E-state index in [1.54, 1.807) is 41.5 Å². The second-order valence-corrected chi connectivity index (χ2v) is 10.6. The van der Waals surface area contributed by atoms with Gasteiger partial charge in [-0.25, -0.2) is 14.4 Å². The molecular formula is C23H36N2O6S. The molecule has 1 rings (SSSR count). The van der Waals surface area contributed by atoms with Crippen LogP contribution in [0.15, 0.2) is 30.3 Å². The Balaban J connectivity index is 2.92. The highest BCUT2D eigenvalue weighted by molar-refractivity contribution is 7.99. The number of methoxy groups -OCH3 is 1. The van der Waals surface area contributed by atoms with Gasteiger partial charge in [-0.15, -0.1) is 0 Å². The van der Waals surface area contributed by atoms with Crippen LogP contribution in [-0.4, -0.2) is 59.4 Å². The lowest BCUT2D eigenvalue weighted by Gasteiger charge is -2.31. The molecule has 0 aliphatic carbocycles. The van der Waals surface area contributed by atoms with Gasteiger partial charge < -0.3 is 25.3 Å². The molecule has 0 bridgehead atoms. The first-order chi connectivity index (χ1) is 14.6. The van der Waals surface area contributed by atoms with Crippen molar-refractivity contribution in [2.75, 3.05) is 18.6 Å². The third-order valence-electron chi connectivity index (χ3n) is 3.99. The molecule has 0 saturated heterocycles. The number of esters is 2. The minimum Gasteiger partial charge on any atom is -0.467 e. The van der Waals surface area contributed by atoms with Crippen LogP contribution < -0.4 is 11.1 Å². The summed E-state index contributed by atoms with van der Waals surface area (Å²) >= 11 is 1.25.